The van der Waals surface area contributed by atoms with Gasteiger partial charge >= 0.3 is 0 Å². The summed E-state index contributed by atoms with van der Waals surface area (Å²) >= 11 is 0. The molecular weight excluding hydrogens is 238 g/mol. The molecule has 0 atom stereocenters. The van der Waals surface area contributed by atoms with Gasteiger partial charge in [-0.15, -0.1) is 0 Å². The minimum Gasteiger partial charge on any atom is -0.493 e. The molecule has 2 aromatic rings. The van der Waals surface area contributed by atoms with Gasteiger partial charge in [-0.05, 0) is 43.1 Å². The Labute approximate surface area is 113 Å². The van der Waals surface area contributed by atoms with Crippen LogP contribution < -0.4 is 10.5 Å². The molecule has 4 nitrogen and oxygen atoms in total. The van der Waals surface area contributed by atoms with E-state index in [9.17, 15) is 0 Å². The highest BCUT2D eigenvalue weighted by Crippen LogP contribution is 2.30. The third kappa shape index (κ3) is 2.24. The summed E-state index contributed by atoms with van der Waals surface area (Å²) in [6.45, 7) is 1.47. The molecule has 1 aromatic carbocycles. The van der Waals surface area contributed by atoms with Crippen molar-refractivity contribution in [3.05, 3.63) is 35.8 Å². The first kappa shape index (κ1) is 12.2. The van der Waals surface area contributed by atoms with Crippen molar-refractivity contribution in [3.63, 3.8) is 0 Å². The zero-order chi connectivity index (χ0) is 13.2. The van der Waals surface area contributed by atoms with Gasteiger partial charge in [0.2, 0.25) is 0 Å². The molecule has 4 heteroatoms. The number of aromatic nitrogens is 2. The largest absolute Gasteiger partial charge is 0.493 e. The predicted octanol–water partition coefficient (Wildman–Crippen LogP) is 1.91. The van der Waals surface area contributed by atoms with Crippen molar-refractivity contribution < 1.29 is 4.74 Å². The quantitative estimate of drug-likeness (QED) is 0.914. The van der Waals surface area contributed by atoms with Gasteiger partial charge in [-0.1, -0.05) is 0 Å². The molecule has 3 rings (SSSR count). The van der Waals surface area contributed by atoms with Crippen LogP contribution in [0.2, 0.25) is 0 Å². The summed E-state index contributed by atoms with van der Waals surface area (Å²) in [4.78, 5) is 4.52. The predicted molar refractivity (Wildman–Crippen MR) is 75.2 cm³/mol. The van der Waals surface area contributed by atoms with E-state index in [1.54, 1.807) is 0 Å². The molecule has 0 amide bonds. The Morgan fingerprint density at radius 1 is 1.42 bits per heavy atom. The monoisotopic (exact) mass is 257 g/mol. The van der Waals surface area contributed by atoms with E-state index in [0.717, 1.165) is 42.9 Å². The third-order valence-corrected chi connectivity index (χ3v) is 3.62. The normalized spacial score (nSPS) is 14.0. The van der Waals surface area contributed by atoms with Crippen LogP contribution in [0.25, 0.3) is 11.3 Å². The average molecular weight is 257 g/mol. The van der Waals surface area contributed by atoms with Crippen LogP contribution in [0.1, 0.15) is 17.7 Å². The first-order valence-corrected chi connectivity index (χ1v) is 6.76. The zero-order valence-corrected chi connectivity index (χ0v) is 11.2. The maximum atomic E-state index is 5.69. The number of fused-ring (bicyclic) bond motifs is 1. The smallest absolute Gasteiger partial charge is 0.122 e. The van der Waals surface area contributed by atoms with Crippen molar-refractivity contribution in [1.82, 2.24) is 9.55 Å². The Hall–Kier alpha value is -1.81. The van der Waals surface area contributed by atoms with Crippen molar-refractivity contribution in [2.45, 2.75) is 19.3 Å². The van der Waals surface area contributed by atoms with Crippen LogP contribution in [-0.4, -0.2) is 22.7 Å². The summed E-state index contributed by atoms with van der Waals surface area (Å²) in [5.41, 5.74) is 10.4. The van der Waals surface area contributed by atoms with Gasteiger partial charge in [0, 0.05) is 24.7 Å². The zero-order valence-electron chi connectivity index (χ0n) is 11.2. The third-order valence-electron chi connectivity index (χ3n) is 3.62. The molecule has 0 radical (unpaired) electrons. The fourth-order valence-corrected chi connectivity index (χ4v) is 2.64. The number of nitrogens with two attached hydrogens (primary N) is 1. The second kappa shape index (κ2) is 5.05. The van der Waals surface area contributed by atoms with Crippen LogP contribution in [0.5, 0.6) is 5.75 Å². The van der Waals surface area contributed by atoms with Crippen molar-refractivity contribution in [1.29, 1.82) is 0 Å². The summed E-state index contributed by atoms with van der Waals surface area (Å²) in [7, 11) is 2.02. The average Bonchev–Trinajstić information content (AvgIpc) is 2.80. The van der Waals surface area contributed by atoms with Gasteiger partial charge in [0.05, 0.1) is 18.6 Å². The molecule has 2 heterocycles. The lowest BCUT2D eigenvalue weighted by Gasteiger charge is -2.17. The van der Waals surface area contributed by atoms with Gasteiger partial charge in [-0.2, -0.15) is 0 Å². The van der Waals surface area contributed by atoms with Crippen LogP contribution in [-0.2, 0) is 19.9 Å². The van der Waals surface area contributed by atoms with Crippen molar-refractivity contribution in [2.75, 3.05) is 13.2 Å². The Kier molecular flexibility index (Phi) is 3.25. The van der Waals surface area contributed by atoms with Crippen molar-refractivity contribution >= 4 is 0 Å². The molecular formula is C15H19N3O. The SMILES string of the molecule is Cn1cnc(-c2ccc3c(c2)CCCO3)c1CCN. The van der Waals surface area contributed by atoms with E-state index in [1.165, 1.54) is 11.3 Å². The number of imidazole rings is 1. The van der Waals surface area contributed by atoms with E-state index in [4.69, 9.17) is 10.5 Å². The highest BCUT2D eigenvalue weighted by molar-refractivity contribution is 5.65. The van der Waals surface area contributed by atoms with Gasteiger partial charge in [0.15, 0.2) is 0 Å². The van der Waals surface area contributed by atoms with Crippen LogP contribution in [0.3, 0.4) is 0 Å². The molecule has 2 N–H and O–H groups in total. The molecule has 1 aromatic heterocycles. The molecule has 0 saturated carbocycles. The Balaban J connectivity index is 2.02. The highest BCUT2D eigenvalue weighted by atomic mass is 16.5. The fraction of sp³-hybridized carbons (Fsp3) is 0.400. The number of ether oxygens (including phenoxy) is 1. The number of aryl methyl sites for hydroxylation is 2. The number of benzene rings is 1. The van der Waals surface area contributed by atoms with Crippen LogP contribution >= 0.6 is 0 Å². The molecule has 0 unspecified atom stereocenters. The maximum absolute atomic E-state index is 5.69. The molecule has 0 fully saturated rings. The molecule has 0 spiro atoms. The second-order valence-electron chi connectivity index (χ2n) is 4.96. The maximum Gasteiger partial charge on any atom is 0.122 e. The summed E-state index contributed by atoms with van der Waals surface area (Å²) in [5, 5.41) is 0. The first-order valence-electron chi connectivity index (χ1n) is 6.76. The van der Waals surface area contributed by atoms with Crippen molar-refractivity contribution in [2.24, 2.45) is 12.8 Å². The minimum atomic E-state index is 0.639. The number of rotatable bonds is 3. The Bertz CT molecular complexity index is 589. The van der Waals surface area contributed by atoms with Crippen molar-refractivity contribution in [3.8, 4) is 17.0 Å². The lowest BCUT2D eigenvalue weighted by Crippen LogP contribution is -2.09. The number of hydrogen-bond acceptors (Lipinski definition) is 3. The summed E-state index contributed by atoms with van der Waals surface area (Å²) in [5.74, 6) is 1.02. The summed E-state index contributed by atoms with van der Waals surface area (Å²) in [6, 6.07) is 6.36. The molecule has 19 heavy (non-hydrogen) atoms. The second-order valence-corrected chi connectivity index (χ2v) is 4.96. The van der Waals surface area contributed by atoms with Gasteiger partial charge < -0.3 is 15.0 Å². The van der Waals surface area contributed by atoms with E-state index in [1.807, 2.05) is 13.4 Å². The standard InChI is InChI=1S/C15H19N3O/c1-18-10-17-15(13(18)6-7-16)12-4-5-14-11(9-12)3-2-8-19-14/h4-5,9-10H,2-3,6-8,16H2,1H3. The molecule has 0 saturated heterocycles. The van der Waals surface area contributed by atoms with Crippen LogP contribution in [0.4, 0.5) is 0 Å². The molecule has 100 valence electrons. The van der Waals surface area contributed by atoms with Gasteiger partial charge in [0.1, 0.15) is 5.75 Å². The molecule has 1 aliphatic rings. The lowest BCUT2D eigenvalue weighted by molar-refractivity contribution is 0.288. The first-order chi connectivity index (χ1) is 9.29. The molecule has 0 aliphatic carbocycles. The minimum absolute atomic E-state index is 0.639. The highest BCUT2D eigenvalue weighted by Gasteiger charge is 2.15. The van der Waals surface area contributed by atoms with E-state index in [-0.39, 0.29) is 0 Å². The Morgan fingerprint density at radius 2 is 2.32 bits per heavy atom. The number of nitrogens with zero attached hydrogens (tertiary/aromatic N) is 2. The molecule has 1 aliphatic heterocycles. The van der Waals surface area contributed by atoms with Gasteiger partial charge in [-0.3, -0.25) is 0 Å². The van der Waals surface area contributed by atoms with Crippen LogP contribution in [0.15, 0.2) is 24.5 Å². The van der Waals surface area contributed by atoms with E-state index in [2.05, 4.69) is 27.8 Å². The number of hydrogen-bond donors (Lipinski definition) is 1. The topological polar surface area (TPSA) is 53.1 Å². The van der Waals surface area contributed by atoms with E-state index < -0.39 is 0 Å². The summed E-state index contributed by atoms with van der Waals surface area (Å²) < 4.78 is 7.71. The molecule has 0 bridgehead atoms. The van der Waals surface area contributed by atoms with E-state index in [0.29, 0.717) is 6.54 Å². The van der Waals surface area contributed by atoms with Gasteiger partial charge in [-0.25, -0.2) is 4.98 Å². The lowest BCUT2D eigenvalue weighted by atomic mass is 10.0. The van der Waals surface area contributed by atoms with Gasteiger partial charge in [0.25, 0.3) is 0 Å². The van der Waals surface area contributed by atoms with Crippen LogP contribution in [0, 0.1) is 0 Å². The summed E-state index contributed by atoms with van der Waals surface area (Å²) in [6.07, 6.45) is 4.88. The Morgan fingerprint density at radius 3 is 3.16 bits per heavy atom. The van der Waals surface area contributed by atoms with E-state index >= 15 is 0 Å². The fourth-order valence-electron chi connectivity index (χ4n) is 2.64.